The van der Waals surface area contributed by atoms with Crippen LogP contribution in [0.5, 0.6) is 5.75 Å². The summed E-state index contributed by atoms with van der Waals surface area (Å²) in [6, 6.07) is 3.94. The maximum atomic E-state index is 10.5. The van der Waals surface area contributed by atoms with E-state index in [2.05, 4.69) is 15.9 Å². The predicted molar refractivity (Wildman–Crippen MR) is 58.5 cm³/mol. The fourth-order valence-electron chi connectivity index (χ4n) is 0.976. The maximum Gasteiger partial charge on any atom is 0.344 e. The fourth-order valence-corrected chi connectivity index (χ4v) is 1.44. The van der Waals surface area contributed by atoms with E-state index in [1.165, 1.54) is 25.1 Å². The second kappa shape index (κ2) is 4.93. The Balaban J connectivity index is 2.97. The molecule has 0 saturated heterocycles. The highest BCUT2D eigenvalue weighted by Gasteiger charge is 2.15. The number of aliphatic carboxylic acids is 1. The van der Waals surface area contributed by atoms with Crippen LogP contribution in [0.2, 0.25) is 0 Å². The van der Waals surface area contributed by atoms with Crippen molar-refractivity contribution in [3.05, 3.63) is 32.8 Å². The monoisotopic (exact) mass is 289 g/mol. The van der Waals surface area contributed by atoms with Crippen LogP contribution in [-0.4, -0.2) is 22.1 Å². The lowest BCUT2D eigenvalue weighted by Crippen LogP contribution is -2.22. The van der Waals surface area contributed by atoms with Gasteiger partial charge in [0.2, 0.25) is 0 Å². The third kappa shape index (κ3) is 3.20. The molecular formula is C9H8BrNO5. The number of carboxylic acids is 1. The van der Waals surface area contributed by atoms with Crippen molar-refractivity contribution in [3.8, 4) is 5.75 Å². The van der Waals surface area contributed by atoms with Gasteiger partial charge in [0.25, 0.3) is 5.69 Å². The van der Waals surface area contributed by atoms with Crippen LogP contribution in [0.1, 0.15) is 6.92 Å². The summed E-state index contributed by atoms with van der Waals surface area (Å²) in [6.07, 6.45) is -1.06. The van der Waals surface area contributed by atoms with Crippen molar-refractivity contribution in [2.45, 2.75) is 13.0 Å². The molecule has 0 radical (unpaired) electrons. The smallest absolute Gasteiger partial charge is 0.344 e. The molecule has 0 bridgehead atoms. The van der Waals surface area contributed by atoms with Gasteiger partial charge in [-0.3, -0.25) is 10.1 Å². The summed E-state index contributed by atoms with van der Waals surface area (Å²) in [5.41, 5.74) is -0.165. The molecule has 1 N–H and O–H groups in total. The van der Waals surface area contributed by atoms with Crippen molar-refractivity contribution in [1.82, 2.24) is 0 Å². The zero-order valence-corrected chi connectivity index (χ0v) is 9.80. The Kier molecular flexibility index (Phi) is 3.83. The molecular weight excluding hydrogens is 282 g/mol. The predicted octanol–water partition coefficient (Wildman–Crippen LogP) is 2.21. The Labute approximate surface area is 99.1 Å². The molecule has 0 amide bonds. The third-order valence-corrected chi connectivity index (χ3v) is 2.19. The molecule has 1 aromatic carbocycles. The molecule has 6 nitrogen and oxygen atoms in total. The standard InChI is InChI=1S/C9H8BrNO5/c1-5(9(12)13)16-8-3-6(10)2-7(4-8)11(14)15/h2-5H,1H3,(H,12,13). The topological polar surface area (TPSA) is 89.7 Å². The van der Waals surface area contributed by atoms with Gasteiger partial charge in [0.1, 0.15) is 5.75 Å². The van der Waals surface area contributed by atoms with Gasteiger partial charge in [-0.25, -0.2) is 4.79 Å². The van der Waals surface area contributed by atoms with Crippen molar-refractivity contribution in [2.24, 2.45) is 0 Å². The first-order chi connectivity index (χ1) is 7.40. The number of halogens is 1. The second-order valence-electron chi connectivity index (χ2n) is 3.00. The van der Waals surface area contributed by atoms with E-state index in [9.17, 15) is 14.9 Å². The van der Waals surface area contributed by atoms with E-state index in [1.807, 2.05) is 0 Å². The molecule has 0 aromatic heterocycles. The second-order valence-corrected chi connectivity index (χ2v) is 3.92. The van der Waals surface area contributed by atoms with Crippen LogP contribution in [0, 0.1) is 10.1 Å². The largest absolute Gasteiger partial charge is 0.479 e. The maximum absolute atomic E-state index is 10.5. The number of hydrogen-bond acceptors (Lipinski definition) is 4. The van der Waals surface area contributed by atoms with Crippen molar-refractivity contribution in [1.29, 1.82) is 0 Å². The molecule has 1 aromatic rings. The zero-order valence-electron chi connectivity index (χ0n) is 8.21. The average Bonchev–Trinajstić information content (AvgIpc) is 2.16. The van der Waals surface area contributed by atoms with Crippen molar-refractivity contribution >= 4 is 27.6 Å². The van der Waals surface area contributed by atoms with E-state index >= 15 is 0 Å². The summed E-state index contributed by atoms with van der Waals surface area (Å²) < 4.78 is 5.47. The van der Waals surface area contributed by atoms with Crippen LogP contribution in [0.4, 0.5) is 5.69 Å². The quantitative estimate of drug-likeness (QED) is 0.678. The first-order valence-corrected chi connectivity index (χ1v) is 5.04. The molecule has 16 heavy (non-hydrogen) atoms. The van der Waals surface area contributed by atoms with Crippen molar-refractivity contribution < 1.29 is 19.6 Å². The molecule has 1 unspecified atom stereocenters. The first kappa shape index (κ1) is 12.4. The molecule has 0 aliphatic carbocycles. The number of hydrogen-bond donors (Lipinski definition) is 1. The average molecular weight is 290 g/mol. The Morgan fingerprint density at radius 2 is 2.19 bits per heavy atom. The molecule has 0 aliphatic heterocycles. The Morgan fingerprint density at radius 3 is 2.69 bits per heavy atom. The van der Waals surface area contributed by atoms with Crippen LogP contribution in [0.15, 0.2) is 22.7 Å². The molecule has 0 saturated carbocycles. The summed E-state index contributed by atoms with van der Waals surface area (Å²) in [6.45, 7) is 1.34. The lowest BCUT2D eigenvalue weighted by molar-refractivity contribution is -0.385. The minimum atomic E-state index is -1.14. The lowest BCUT2D eigenvalue weighted by Gasteiger charge is -2.10. The molecule has 0 heterocycles. The van der Waals surface area contributed by atoms with E-state index in [4.69, 9.17) is 9.84 Å². The number of nitro benzene ring substituents is 1. The summed E-state index contributed by atoms with van der Waals surface area (Å²) in [7, 11) is 0. The van der Waals surface area contributed by atoms with E-state index in [-0.39, 0.29) is 11.4 Å². The normalized spacial score (nSPS) is 11.9. The van der Waals surface area contributed by atoms with Crippen molar-refractivity contribution in [2.75, 3.05) is 0 Å². The van der Waals surface area contributed by atoms with Crippen molar-refractivity contribution in [3.63, 3.8) is 0 Å². The number of nitrogens with zero attached hydrogens (tertiary/aromatic N) is 1. The first-order valence-electron chi connectivity index (χ1n) is 4.24. The van der Waals surface area contributed by atoms with E-state index in [0.717, 1.165) is 0 Å². The molecule has 0 aliphatic rings. The van der Waals surface area contributed by atoms with E-state index in [0.29, 0.717) is 4.47 Å². The van der Waals surface area contributed by atoms with Crippen LogP contribution < -0.4 is 4.74 Å². The molecule has 7 heteroatoms. The van der Waals surface area contributed by atoms with Gasteiger partial charge in [0.15, 0.2) is 6.10 Å². The van der Waals surface area contributed by atoms with Gasteiger partial charge in [-0.2, -0.15) is 0 Å². The Morgan fingerprint density at radius 1 is 1.56 bits per heavy atom. The van der Waals surface area contributed by atoms with E-state index in [1.54, 1.807) is 0 Å². The highest BCUT2D eigenvalue weighted by Crippen LogP contribution is 2.26. The SMILES string of the molecule is CC(Oc1cc(Br)cc([N+](=O)[O-])c1)C(=O)O. The van der Waals surface area contributed by atoms with Gasteiger partial charge in [0, 0.05) is 10.5 Å². The number of carboxylic acid groups (broad SMARTS) is 1. The summed E-state index contributed by atoms with van der Waals surface area (Å²) >= 11 is 3.08. The minimum Gasteiger partial charge on any atom is -0.479 e. The number of ether oxygens (including phenoxy) is 1. The Hall–Kier alpha value is -1.63. The van der Waals surface area contributed by atoms with Gasteiger partial charge in [-0.1, -0.05) is 15.9 Å². The zero-order chi connectivity index (χ0) is 12.3. The lowest BCUT2D eigenvalue weighted by atomic mass is 10.3. The summed E-state index contributed by atoms with van der Waals surface area (Å²) in [4.78, 5) is 20.5. The van der Waals surface area contributed by atoms with Gasteiger partial charge in [0.05, 0.1) is 11.0 Å². The highest BCUT2D eigenvalue weighted by molar-refractivity contribution is 9.10. The van der Waals surface area contributed by atoms with Gasteiger partial charge in [-0.05, 0) is 13.0 Å². The summed E-state index contributed by atoms with van der Waals surface area (Å²) in [5, 5.41) is 19.2. The number of carbonyl (C=O) groups is 1. The van der Waals surface area contributed by atoms with Gasteiger partial charge >= 0.3 is 5.97 Å². The van der Waals surface area contributed by atoms with Crippen LogP contribution in [-0.2, 0) is 4.79 Å². The van der Waals surface area contributed by atoms with Gasteiger partial charge in [-0.15, -0.1) is 0 Å². The van der Waals surface area contributed by atoms with Crippen LogP contribution >= 0.6 is 15.9 Å². The summed E-state index contributed by atoms with van der Waals surface area (Å²) in [5.74, 6) is -1.00. The molecule has 86 valence electrons. The molecule has 0 spiro atoms. The number of rotatable bonds is 4. The molecule has 1 rings (SSSR count). The fraction of sp³-hybridized carbons (Fsp3) is 0.222. The minimum absolute atomic E-state index is 0.135. The van der Waals surface area contributed by atoms with Crippen LogP contribution in [0.25, 0.3) is 0 Å². The Bertz CT molecular complexity index is 434. The van der Waals surface area contributed by atoms with E-state index < -0.39 is 17.0 Å². The molecule has 0 fully saturated rings. The number of benzene rings is 1. The highest BCUT2D eigenvalue weighted by atomic mass is 79.9. The number of non-ortho nitro benzene ring substituents is 1. The van der Waals surface area contributed by atoms with Gasteiger partial charge < -0.3 is 9.84 Å². The number of nitro groups is 1. The van der Waals surface area contributed by atoms with Crippen LogP contribution in [0.3, 0.4) is 0 Å². The molecule has 1 atom stereocenters. The third-order valence-electron chi connectivity index (χ3n) is 1.73.